The maximum atomic E-state index is 13.0. The van der Waals surface area contributed by atoms with Gasteiger partial charge in [-0.15, -0.1) is 0 Å². The molecule has 2 rings (SSSR count). The molecular weight excluding hydrogens is 253 g/mol. The molecule has 1 aromatic carbocycles. The van der Waals surface area contributed by atoms with Gasteiger partial charge in [0.1, 0.15) is 12.1 Å². The van der Waals surface area contributed by atoms with Crippen molar-refractivity contribution >= 4 is 6.29 Å². The topological polar surface area (TPSA) is 43.1 Å². The van der Waals surface area contributed by atoms with Crippen LogP contribution in [0.5, 0.6) is 0 Å². The van der Waals surface area contributed by atoms with E-state index in [0.29, 0.717) is 12.8 Å². The van der Waals surface area contributed by atoms with Gasteiger partial charge in [0, 0.05) is 0 Å². The molecule has 0 saturated carbocycles. The summed E-state index contributed by atoms with van der Waals surface area (Å²) in [5.74, 6) is -0.186. The Balaban J connectivity index is 1.81. The lowest BCUT2D eigenvalue weighted by Gasteiger charge is -2.26. The Morgan fingerprint density at radius 2 is 2.25 bits per heavy atom. The van der Waals surface area contributed by atoms with Gasteiger partial charge in [-0.25, -0.2) is 4.39 Å². The van der Waals surface area contributed by atoms with Crippen LogP contribution < -0.4 is 5.73 Å². The second-order valence-corrected chi connectivity index (χ2v) is 5.41. The highest BCUT2D eigenvalue weighted by atomic mass is 19.1. The number of carbonyl (C=O) groups excluding carboxylic acids is 1. The predicted molar refractivity (Wildman–Crippen MR) is 78.8 cm³/mol. The third-order valence-electron chi connectivity index (χ3n) is 3.68. The van der Waals surface area contributed by atoms with E-state index in [4.69, 9.17) is 5.73 Å². The zero-order chi connectivity index (χ0) is 14.4. The molecule has 106 valence electrons. The number of nitrogens with two attached hydrogens (primary N) is 1. The number of benzene rings is 1. The summed E-state index contributed by atoms with van der Waals surface area (Å²) >= 11 is 0. The Bertz CT molecular complexity index is 536. The van der Waals surface area contributed by atoms with Crippen LogP contribution in [0.25, 0.3) is 0 Å². The van der Waals surface area contributed by atoms with Gasteiger partial charge in [0.25, 0.3) is 0 Å². The van der Waals surface area contributed by atoms with Gasteiger partial charge < -0.3 is 10.5 Å². The van der Waals surface area contributed by atoms with E-state index < -0.39 is 5.54 Å². The molecule has 0 aromatic heterocycles. The van der Waals surface area contributed by atoms with Gasteiger partial charge in [-0.3, -0.25) is 0 Å². The average Bonchev–Trinajstić information content (AvgIpc) is 2.46. The second kappa shape index (κ2) is 6.62. The molecule has 0 spiro atoms. The van der Waals surface area contributed by atoms with Crippen LogP contribution in [0.15, 0.2) is 48.1 Å². The molecule has 20 heavy (non-hydrogen) atoms. The summed E-state index contributed by atoms with van der Waals surface area (Å²) in [7, 11) is 0. The maximum absolute atomic E-state index is 13.0. The third-order valence-corrected chi connectivity index (χ3v) is 3.68. The molecule has 0 radical (unpaired) electrons. The number of hydrogen-bond acceptors (Lipinski definition) is 2. The Hall–Kier alpha value is -1.74. The summed E-state index contributed by atoms with van der Waals surface area (Å²) in [6.07, 6.45) is 10.9. The van der Waals surface area contributed by atoms with E-state index in [1.54, 1.807) is 12.1 Å². The standard InChI is InChI=1S/C17H20FNO/c18-16-7-3-6-15(12-16)5-2-1-4-14-8-10-17(19,13-20)11-9-14/h1,3-4,6-8,12-13H,2,5,9-11,19H2/b4-1+. The van der Waals surface area contributed by atoms with Gasteiger partial charge >= 0.3 is 0 Å². The first kappa shape index (κ1) is 14.7. The molecule has 3 heteroatoms. The summed E-state index contributed by atoms with van der Waals surface area (Å²) < 4.78 is 13.0. The Labute approximate surface area is 119 Å². The molecule has 1 aliphatic rings. The van der Waals surface area contributed by atoms with Crippen LogP contribution in [-0.4, -0.2) is 11.8 Å². The molecule has 1 atom stereocenters. The molecule has 0 saturated heterocycles. The van der Waals surface area contributed by atoms with Crippen molar-refractivity contribution in [2.24, 2.45) is 5.73 Å². The van der Waals surface area contributed by atoms with Crippen LogP contribution in [0.3, 0.4) is 0 Å². The third kappa shape index (κ3) is 4.14. The second-order valence-electron chi connectivity index (χ2n) is 5.41. The van der Waals surface area contributed by atoms with Crippen LogP contribution in [0.4, 0.5) is 4.39 Å². The summed E-state index contributed by atoms with van der Waals surface area (Å²) in [6.45, 7) is 0. The number of hydrogen-bond donors (Lipinski definition) is 1. The summed E-state index contributed by atoms with van der Waals surface area (Å²) in [5.41, 5.74) is 7.46. The predicted octanol–water partition coefficient (Wildman–Crippen LogP) is 3.32. The number of aryl methyl sites for hydroxylation is 1. The van der Waals surface area contributed by atoms with Crippen molar-refractivity contribution in [2.75, 3.05) is 0 Å². The molecule has 2 nitrogen and oxygen atoms in total. The highest BCUT2D eigenvalue weighted by molar-refractivity contribution is 5.65. The smallest absolute Gasteiger partial charge is 0.140 e. The normalized spacial score (nSPS) is 22.8. The zero-order valence-electron chi connectivity index (χ0n) is 11.5. The van der Waals surface area contributed by atoms with Crippen molar-refractivity contribution in [3.05, 3.63) is 59.4 Å². The maximum Gasteiger partial charge on any atom is 0.140 e. The number of allylic oxidation sites excluding steroid dienone is 3. The first-order valence-corrected chi connectivity index (χ1v) is 6.96. The number of rotatable bonds is 5. The van der Waals surface area contributed by atoms with E-state index in [9.17, 15) is 9.18 Å². The van der Waals surface area contributed by atoms with Gasteiger partial charge in [0.15, 0.2) is 0 Å². The lowest BCUT2D eigenvalue weighted by molar-refractivity contribution is -0.112. The van der Waals surface area contributed by atoms with E-state index in [-0.39, 0.29) is 5.82 Å². The minimum atomic E-state index is -0.668. The monoisotopic (exact) mass is 273 g/mol. The number of halogens is 1. The molecule has 1 aromatic rings. The van der Waals surface area contributed by atoms with E-state index >= 15 is 0 Å². The largest absolute Gasteiger partial charge is 0.319 e. The van der Waals surface area contributed by atoms with E-state index in [0.717, 1.165) is 31.1 Å². The first-order chi connectivity index (χ1) is 9.61. The fourth-order valence-electron chi connectivity index (χ4n) is 2.34. The molecular formula is C17H20FNO. The summed E-state index contributed by atoms with van der Waals surface area (Å²) in [6, 6.07) is 6.70. The van der Waals surface area contributed by atoms with Crippen LogP contribution >= 0.6 is 0 Å². The van der Waals surface area contributed by atoms with Gasteiger partial charge in [0.2, 0.25) is 0 Å². The molecule has 0 bridgehead atoms. The van der Waals surface area contributed by atoms with Crippen LogP contribution in [0.2, 0.25) is 0 Å². The minimum Gasteiger partial charge on any atom is -0.319 e. The van der Waals surface area contributed by atoms with Crippen molar-refractivity contribution in [1.29, 1.82) is 0 Å². The fourth-order valence-corrected chi connectivity index (χ4v) is 2.34. The molecule has 0 aliphatic heterocycles. The molecule has 1 unspecified atom stereocenters. The van der Waals surface area contributed by atoms with E-state index in [1.807, 2.05) is 12.1 Å². The highest BCUT2D eigenvalue weighted by Gasteiger charge is 2.25. The summed E-state index contributed by atoms with van der Waals surface area (Å²) in [4.78, 5) is 10.8. The Morgan fingerprint density at radius 1 is 1.40 bits per heavy atom. The quantitative estimate of drug-likeness (QED) is 0.836. The Morgan fingerprint density at radius 3 is 2.90 bits per heavy atom. The zero-order valence-corrected chi connectivity index (χ0v) is 11.5. The molecule has 2 N–H and O–H groups in total. The fraction of sp³-hybridized carbons (Fsp3) is 0.353. The van der Waals surface area contributed by atoms with E-state index in [2.05, 4.69) is 12.2 Å². The highest BCUT2D eigenvalue weighted by Crippen LogP contribution is 2.24. The number of carbonyl (C=O) groups is 1. The van der Waals surface area contributed by atoms with Gasteiger partial charge in [0.05, 0.1) is 5.54 Å². The minimum absolute atomic E-state index is 0.186. The number of aldehydes is 1. The van der Waals surface area contributed by atoms with Gasteiger partial charge in [-0.05, 0) is 49.8 Å². The molecule has 1 aliphatic carbocycles. The molecule has 0 heterocycles. The van der Waals surface area contributed by atoms with Crippen molar-refractivity contribution < 1.29 is 9.18 Å². The van der Waals surface area contributed by atoms with Crippen molar-refractivity contribution in [3.8, 4) is 0 Å². The van der Waals surface area contributed by atoms with Crippen LogP contribution in [0.1, 0.15) is 31.2 Å². The molecule has 0 fully saturated rings. The van der Waals surface area contributed by atoms with Crippen molar-refractivity contribution in [3.63, 3.8) is 0 Å². The summed E-state index contributed by atoms with van der Waals surface area (Å²) in [5, 5.41) is 0. The van der Waals surface area contributed by atoms with E-state index in [1.165, 1.54) is 11.6 Å². The lowest BCUT2D eigenvalue weighted by Crippen LogP contribution is -2.42. The van der Waals surface area contributed by atoms with Gasteiger partial charge in [-0.1, -0.05) is 35.9 Å². The Kier molecular flexibility index (Phi) is 4.85. The lowest BCUT2D eigenvalue weighted by atomic mass is 9.84. The molecule has 0 amide bonds. The SMILES string of the molecule is NC1(C=O)CC=C(/C=C/CCc2cccc(F)c2)CC1. The van der Waals surface area contributed by atoms with Crippen LogP contribution in [0, 0.1) is 5.82 Å². The van der Waals surface area contributed by atoms with Gasteiger partial charge in [-0.2, -0.15) is 0 Å². The van der Waals surface area contributed by atoms with Crippen molar-refractivity contribution in [1.82, 2.24) is 0 Å². The first-order valence-electron chi connectivity index (χ1n) is 6.96. The van der Waals surface area contributed by atoms with Crippen LogP contribution in [-0.2, 0) is 11.2 Å². The van der Waals surface area contributed by atoms with Crippen molar-refractivity contribution in [2.45, 2.75) is 37.6 Å². The average molecular weight is 273 g/mol.